The Bertz CT molecular complexity index is 255. The summed E-state index contributed by atoms with van der Waals surface area (Å²) in [6.07, 6.45) is 1.38. The Kier molecular flexibility index (Phi) is 4.92. The van der Waals surface area contributed by atoms with Crippen LogP contribution in [0.2, 0.25) is 0 Å². The van der Waals surface area contributed by atoms with Crippen LogP contribution >= 0.6 is 0 Å². The monoisotopic (exact) mass is 230 g/mol. The van der Waals surface area contributed by atoms with Gasteiger partial charge in [0.1, 0.15) is 0 Å². The Balaban J connectivity index is 2.57. The molecule has 92 valence electrons. The predicted molar refractivity (Wildman–Crippen MR) is 56.7 cm³/mol. The molecule has 16 heavy (non-hydrogen) atoms. The molecule has 1 aliphatic rings. The van der Waals surface area contributed by atoms with Crippen LogP contribution in [0.5, 0.6) is 0 Å². The maximum absolute atomic E-state index is 11.2. The van der Waals surface area contributed by atoms with Gasteiger partial charge in [0.2, 0.25) is 0 Å². The number of hydrogen-bond acceptors (Lipinski definition) is 5. The lowest BCUT2D eigenvalue weighted by Crippen LogP contribution is -2.32. The number of methoxy groups -OCH3 is 1. The highest BCUT2D eigenvalue weighted by Gasteiger charge is 2.37. The maximum Gasteiger partial charge on any atom is 0.333 e. The number of hydrogen-bond donors (Lipinski definition) is 1. The molecule has 1 saturated heterocycles. The van der Waals surface area contributed by atoms with Crippen molar-refractivity contribution >= 4 is 5.97 Å². The summed E-state index contributed by atoms with van der Waals surface area (Å²) in [6.45, 7) is 4.71. The normalized spacial score (nSPS) is 18.4. The van der Waals surface area contributed by atoms with Gasteiger partial charge in [0, 0.05) is 25.0 Å². The number of esters is 1. The Morgan fingerprint density at radius 1 is 1.50 bits per heavy atom. The maximum atomic E-state index is 11.2. The van der Waals surface area contributed by atoms with Crippen molar-refractivity contribution in [1.29, 1.82) is 0 Å². The van der Waals surface area contributed by atoms with Gasteiger partial charge in [-0.1, -0.05) is 6.58 Å². The van der Waals surface area contributed by atoms with Crippen LogP contribution in [0.1, 0.15) is 19.3 Å². The van der Waals surface area contributed by atoms with Crippen molar-refractivity contribution < 1.29 is 24.1 Å². The van der Waals surface area contributed by atoms with Crippen LogP contribution in [0, 0.1) is 0 Å². The first-order valence-electron chi connectivity index (χ1n) is 5.28. The average molecular weight is 230 g/mol. The van der Waals surface area contributed by atoms with Crippen molar-refractivity contribution in [3.63, 3.8) is 0 Å². The smallest absolute Gasteiger partial charge is 0.333 e. The minimum atomic E-state index is -0.812. The summed E-state index contributed by atoms with van der Waals surface area (Å²) < 4.78 is 15.6. The van der Waals surface area contributed by atoms with E-state index in [9.17, 15) is 4.79 Å². The lowest BCUT2D eigenvalue weighted by molar-refractivity contribution is -0.166. The van der Waals surface area contributed by atoms with E-state index in [1.54, 1.807) is 0 Å². The van der Waals surface area contributed by atoms with Crippen LogP contribution in [-0.4, -0.2) is 43.8 Å². The highest BCUT2D eigenvalue weighted by molar-refractivity contribution is 5.87. The van der Waals surface area contributed by atoms with Crippen molar-refractivity contribution in [2.45, 2.75) is 25.0 Å². The van der Waals surface area contributed by atoms with Crippen LogP contribution in [0.3, 0.4) is 0 Å². The molecule has 0 aromatic heterocycles. The molecule has 1 heterocycles. The molecule has 5 nitrogen and oxygen atoms in total. The first kappa shape index (κ1) is 13.2. The second-order valence-corrected chi connectivity index (χ2v) is 3.71. The highest BCUT2D eigenvalue weighted by atomic mass is 16.7. The summed E-state index contributed by atoms with van der Waals surface area (Å²) >= 11 is 0. The minimum absolute atomic E-state index is 0.0686. The van der Waals surface area contributed by atoms with E-state index in [0.717, 1.165) is 0 Å². The molecule has 0 aliphatic carbocycles. The van der Waals surface area contributed by atoms with Gasteiger partial charge in [-0.05, 0) is 6.42 Å². The van der Waals surface area contributed by atoms with Gasteiger partial charge in [0.25, 0.3) is 0 Å². The Morgan fingerprint density at radius 2 is 2.12 bits per heavy atom. The van der Waals surface area contributed by atoms with Gasteiger partial charge in [-0.25, -0.2) is 4.79 Å². The van der Waals surface area contributed by atoms with E-state index in [1.807, 2.05) is 0 Å². The fourth-order valence-electron chi connectivity index (χ4n) is 1.72. The van der Waals surface area contributed by atoms with Crippen LogP contribution in [-0.2, 0) is 19.0 Å². The summed E-state index contributed by atoms with van der Waals surface area (Å²) in [6, 6.07) is 0. The molecule has 0 atom stereocenters. The molecule has 0 spiro atoms. The standard InChI is InChI=1S/C11H18O5/c1-9(10(13)14-2)8-11(4-3-5-12)15-6-7-16-11/h12H,1,3-8H2,2H3. The molecule has 1 fully saturated rings. The van der Waals surface area contributed by atoms with Gasteiger partial charge < -0.3 is 19.3 Å². The quantitative estimate of drug-likeness (QED) is 0.535. The molecule has 0 radical (unpaired) electrons. The van der Waals surface area contributed by atoms with Gasteiger partial charge in [-0.2, -0.15) is 0 Å². The zero-order valence-corrected chi connectivity index (χ0v) is 9.53. The Morgan fingerprint density at radius 3 is 2.62 bits per heavy atom. The van der Waals surface area contributed by atoms with E-state index in [2.05, 4.69) is 11.3 Å². The highest BCUT2D eigenvalue weighted by Crippen LogP contribution is 2.31. The van der Waals surface area contributed by atoms with E-state index in [-0.39, 0.29) is 13.0 Å². The van der Waals surface area contributed by atoms with Gasteiger partial charge >= 0.3 is 5.97 Å². The minimum Gasteiger partial charge on any atom is -0.466 e. The molecule has 0 bridgehead atoms. The van der Waals surface area contributed by atoms with Crippen molar-refractivity contribution in [2.24, 2.45) is 0 Å². The van der Waals surface area contributed by atoms with Crippen molar-refractivity contribution in [1.82, 2.24) is 0 Å². The van der Waals surface area contributed by atoms with Crippen LogP contribution in [0.25, 0.3) is 0 Å². The molecule has 5 heteroatoms. The van der Waals surface area contributed by atoms with Crippen LogP contribution in [0.4, 0.5) is 0 Å². The summed E-state index contributed by atoms with van der Waals surface area (Å²) in [5, 5.41) is 8.81. The zero-order valence-electron chi connectivity index (χ0n) is 9.53. The second-order valence-electron chi connectivity index (χ2n) is 3.71. The number of rotatable bonds is 6. The van der Waals surface area contributed by atoms with E-state index >= 15 is 0 Å². The first-order chi connectivity index (χ1) is 7.63. The summed E-state index contributed by atoms with van der Waals surface area (Å²) in [5.41, 5.74) is 0.322. The molecule has 1 aliphatic heterocycles. The Labute approximate surface area is 95.0 Å². The summed E-state index contributed by atoms with van der Waals surface area (Å²) in [4.78, 5) is 11.2. The molecule has 0 unspecified atom stereocenters. The van der Waals surface area contributed by atoms with Crippen molar-refractivity contribution in [3.05, 3.63) is 12.2 Å². The number of aliphatic hydroxyl groups is 1. The zero-order chi connectivity index (χ0) is 12.0. The third-order valence-electron chi connectivity index (χ3n) is 2.49. The topological polar surface area (TPSA) is 65.0 Å². The number of aliphatic hydroxyl groups excluding tert-OH is 1. The van der Waals surface area contributed by atoms with E-state index < -0.39 is 11.8 Å². The van der Waals surface area contributed by atoms with Crippen molar-refractivity contribution in [2.75, 3.05) is 26.9 Å². The first-order valence-corrected chi connectivity index (χ1v) is 5.28. The number of carbonyl (C=O) groups is 1. The largest absolute Gasteiger partial charge is 0.466 e. The molecule has 1 rings (SSSR count). The molecular weight excluding hydrogens is 212 g/mol. The van der Waals surface area contributed by atoms with Gasteiger partial charge in [0.15, 0.2) is 5.79 Å². The molecular formula is C11H18O5. The van der Waals surface area contributed by atoms with Crippen LogP contribution < -0.4 is 0 Å². The summed E-state index contributed by atoms with van der Waals surface area (Å²) in [7, 11) is 1.31. The Hall–Kier alpha value is -0.910. The summed E-state index contributed by atoms with van der Waals surface area (Å²) in [5.74, 6) is -1.27. The molecule has 0 aromatic carbocycles. The molecule has 0 saturated carbocycles. The van der Waals surface area contributed by atoms with Gasteiger partial charge in [-0.15, -0.1) is 0 Å². The van der Waals surface area contributed by atoms with Crippen LogP contribution in [0.15, 0.2) is 12.2 Å². The molecule has 1 N–H and O–H groups in total. The predicted octanol–water partition coefficient (Wildman–Crippen LogP) is 0.621. The fourth-order valence-corrected chi connectivity index (χ4v) is 1.72. The van der Waals surface area contributed by atoms with E-state index in [0.29, 0.717) is 31.6 Å². The van der Waals surface area contributed by atoms with Crippen molar-refractivity contribution in [3.8, 4) is 0 Å². The second kappa shape index (κ2) is 5.98. The molecule has 0 aromatic rings. The van der Waals surface area contributed by atoms with Gasteiger partial charge in [-0.3, -0.25) is 0 Å². The number of ether oxygens (including phenoxy) is 3. The van der Waals surface area contributed by atoms with Gasteiger partial charge in [0.05, 0.1) is 20.3 Å². The third kappa shape index (κ3) is 3.30. The van der Waals surface area contributed by atoms with E-state index in [1.165, 1.54) is 7.11 Å². The number of carbonyl (C=O) groups excluding carboxylic acids is 1. The molecule has 0 amide bonds. The fraction of sp³-hybridized carbons (Fsp3) is 0.727. The lowest BCUT2D eigenvalue weighted by Gasteiger charge is -2.27. The lowest BCUT2D eigenvalue weighted by atomic mass is 10.0. The SMILES string of the molecule is C=C(CC1(CCCO)OCCO1)C(=O)OC. The van der Waals surface area contributed by atoms with E-state index in [4.69, 9.17) is 14.6 Å². The third-order valence-corrected chi connectivity index (χ3v) is 2.49. The average Bonchev–Trinajstić information content (AvgIpc) is 2.74.